The van der Waals surface area contributed by atoms with Crippen LogP contribution in [0.3, 0.4) is 0 Å². The van der Waals surface area contributed by atoms with Crippen LogP contribution in [0.2, 0.25) is 0 Å². The van der Waals surface area contributed by atoms with Gasteiger partial charge in [0.25, 0.3) is 0 Å². The molecule has 0 saturated carbocycles. The zero-order valence-electron chi connectivity index (χ0n) is 15.8. The quantitative estimate of drug-likeness (QED) is 0.627. The molecule has 4 rings (SSSR count). The summed E-state index contributed by atoms with van der Waals surface area (Å²) in [6.07, 6.45) is 4.63. The van der Waals surface area contributed by atoms with Gasteiger partial charge in [0.1, 0.15) is 5.01 Å². The van der Waals surface area contributed by atoms with E-state index in [0.717, 1.165) is 23.0 Å². The molecule has 0 radical (unpaired) electrons. The van der Waals surface area contributed by atoms with Gasteiger partial charge >= 0.3 is 0 Å². The number of thiazole rings is 1. The second-order valence-corrected chi connectivity index (χ2v) is 8.41. The van der Waals surface area contributed by atoms with Crippen LogP contribution >= 0.6 is 11.3 Å². The summed E-state index contributed by atoms with van der Waals surface area (Å²) in [6, 6.07) is 13.5. The predicted octanol–water partition coefficient (Wildman–Crippen LogP) is 5.88. The van der Waals surface area contributed by atoms with E-state index in [2.05, 4.69) is 60.9 Å². The van der Waals surface area contributed by atoms with E-state index in [0.29, 0.717) is 0 Å². The highest BCUT2D eigenvalue weighted by atomic mass is 32.1. The van der Waals surface area contributed by atoms with Crippen molar-refractivity contribution >= 4 is 17.0 Å². The fourth-order valence-electron chi connectivity index (χ4n) is 3.92. The van der Waals surface area contributed by atoms with Crippen LogP contribution in [0.4, 0.5) is 5.69 Å². The topological polar surface area (TPSA) is 24.9 Å². The van der Waals surface area contributed by atoms with Crippen molar-refractivity contribution in [1.82, 2.24) is 4.98 Å². The van der Waals surface area contributed by atoms with E-state index < -0.39 is 0 Å². The molecule has 134 valence electrons. The zero-order chi connectivity index (χ0) is 18.1. The summed E-state index contributed by atoms with van der Waals surface area (Å²) in [5.41, 5.74) is 9.28. The third-order valence-electron chi connectivity index (χ3n) is 5.43. The van der Waals surface area contributed by atoms with Crippen molar-refractivity contribution in [3.05, 3.63) is 69.7 Å². The number of fused-ring (bicyclic) bond motifs is 1. The average molecular weight is 363 g/mol. The molecule has 1 aliphatic rings. The van der Waals surface area contributed by atoms with E-state index in [1.165, 1.54) is 52.8 Å². The normalized spacial score (nSPS) is 16.3. The molecule has 3 heteroatoms. The van der Waals surface area contributed by atoms with Gasteiger partial charge < -0.3 is 5.32 Å². The summed E-state index contributed by atoms with van der Waals surface area (Å²) in [6.45, 7) is 4.50. The second kappa shape index (κ2) is 7.24. The fraction of sp³-hybridized carbons (Fsp3) is 0.348. The smallest absolute Gasteiger partial charge is 0.123 e. The largest absolute Gasteiger partial charge is 0.388 e. The average Bonchev–Trinajstić information content (AvgIpc) is 3.10. The summed E-state index contributed by atoms with van der Waals surface area (Å²) in [5, 5.41) is 6.58. The monoisotopic (exact) mass is 362 g/mol. The van der Waals surface area contributed by atoms with Gasteiger partial charge in [-0.25, -0.2) is 4.98 Å². The van der Waals surface area contributed by atoms with Gasteiger partial charge in [0.05, 0.1) is 5.69 Å². The van der Waals surface area contributed by atoms with Gasteiger partial charge in [-0.1, -0.05) is 31.2 Å². The number of hydrogen-bond donors (Lipinski definition) is 1. The van der Waals surface area contributed by atoms with Crippen LogP contribution in [0.25, 0.3) is 10.6 Å². The molecule has 0 bridgehead atoms. The van der Waals surface area contributed by atoms with Crippen LogP contribution in [0.15, 0.2) is 41.8 Å². The highest BCUT2D eigenvalue weighted by Crippen LogP contribution is 2.31. The third kappa shape index (κ3) is 3.54. The molecule has 3 aromatic rings. The zero-order valence-corrected chi connectivity index (χ0v) is 16.6. The highest BCUT2D eigenvalue weighted by molar-refractivity contribution is 7.13. The Kier molecular flexibility index (Phi) is 4.82. The van der Waals surface area contributed by atoms with Crippen LogP contribution < -0.4 is 5.32 Å². The maximum Gasteiger partial charge on any atom is 0.123 e. The first-order chi connectivity index (χ1) is 12.6. The van der Waals surface area contributed by atoms with Crippen molar-refractivity contribution in [1.29, 1.82) is 0 Å². The van der Waals surface area contributed by atoms with Crippen molar-refractivity contribution in [2.75, 3.05) is 12.4 Å². The van der Waals surface area contributed by atoms with Crippen LogP contribution in [0.5, 0.6) is 0 Å². The van der Waals surface area contributed by atoms with Crippen LogP contribution in [-0.2, 0) is 19.3 Å². The molecule has 1 atom stereocenters. The number of rotatable bonds is 4. The Balaban J connectivity index is 1.54. The Morgan fingerprint density at radius 3 is 2.85 bits per heavy atom. The van der Waals surface area contributed by atoms with Gasteiger partial charge in [0, 0.05) is 30.1 Å². The molecule has 1 heterocycles. The molecule has 1 aliphatic carbocycles. The molecule has 0 spiro atoms. The molecular weight excluding hydrogens is 336 g/mol. The molecule has 0 saturated heterocycles. The minimum absolute atomic E-state index is 0.817. The van der Waals surface area contributed by atoms with Gasteiger partial charge in [-0.3, -0.25) is 0 Å². The van der Waals surface area contributed by atoms with Crippen molar-refractivity contribution < 1.29 is 0 Å². The minimum Gasteiger partial charge on any atom is -0.388 e. The molecule has 0 aliphatic heterocycles. The Hall–Kier alpha value is -2.13. The maximum atomic E-state index is 4.91. The van der Waals surface area contributed by atoms with E-state index in [1.807, 2.05) is 7.05 Å². The van der Waals surface area contributed by atoms with E-state index >= 15 is 0 Å². The molecule has 1 N–H and O–H groups in total. The Morgan fingerprint density at radius 1 is 1.15 bits per heavy atom. The van der Waals surface area contributed by atoms with Gasteiger partial charge in [0.15, 0.2) is 0 Å². The summed E-state index contributed by atoms with van der Waals surface area (Å²) in [4.78, 5) is 4.91. The number of nitrogens with one attached hydrogen (secondary N) is 1. The Labute approximate surface area is 160 Å². The predicted molar refractivity (Wildman–Crippen MR) is 112 cm³/mol. The number of aromatic nitrogens is 1. The summed E-state index contributed by atoms with van der Waals surface area (Å²) in [5.74, 6) is 0.817. The summed E-state index contributed by atoms with van der Waals surface area (Å²) < 4.78 is 0. The van der Waals surface area contributed by atoms with Crippen molar-refractivity contribution in [3.63, 3.8) is 0 Å². The summed E-state index contributed by atoms with van der Waals surface area (Å²) in [7, 11) is 1.97. The van der Waals surface area contributed by atoms with Gasteiger partial charge in [-0.15, -0.1) is 11.3 Å². The van der Waals surface area contributed by atoms with Gasteiger partial charge in [0.2, 0.25) is 0 Å². The Bertz CT molecular complexity index is 926. The lowest BCUT2D eigenvalue weighted by Gasteiger charge is -2.21. The second-order valence-electron chi connectivity index (χ2n) is 7.55. The van der Waals surface area contributed by atoms with Crippen molar-refractivity contribution in [3.8, 4) is 10.6 Å². The number of aryl methyl sites for hydroxylation is 2. The number of nitrogens with zero attached hydrogens (tertiary/aromatic N) is 1. The first kappa shape index (κ1) is 17.3. The molecule has 0 amide bonds. The number of benzene rings is 2. The number of hydrogen-bond acceptors (Lipinski definition) is 3. The van der Waals surface area contributed by atoms with Crippen LogP contribution in [0.1, 0.15) is 41.3 Å². The maximum absolute atomic E-state index is 4.91. The van der Waals surface area contributed by atoms with Crippen LogP contribution in [-0.4, -0.2) is 12.0 Å². The minimum atomic E-state index is 0.817. The van der Waals surface area contributed by atoms with E-state index in [1.54, 1.807) is 11.3 Å². The van der Waals surface area contributed by atoms with Gasteiger partial charge in [-0.2, -0.15) is 0 Å². The highest BCUT2D eigenvalue weighted by Gasteiger charge is 2.16. The molecule has 26 heavy (non-hydrogen) atoms. The molecule has 1 unspecified atom stereocenters. The lowest BCUT2D eigenvalue weighted by atomic mass is 9.84. The Morgan fingerprint density at radius 2 is 2.04 bits per heavy atom. The molecule has 1 aromatic heterocycles. The standard InChI is InChI=1S/C23H26N2S/c1-15-4-6-19-13-20(8-7-18(19)10-15)23-25-21(14-26-23)12-17-5-9-22(24-3)16(2)11-17/h5,7-9,11,13-15,24H,4,6,10,12H2,1-3H3. The molecular formula is C23H26N2S. The first-order valence-electron chi connectivity index (χ1n) is 9.46. The van der Waals surface area contributed by atoms with Crippen molar-refractivity contribution in [2.24, 2.45) is 5.92 Å². The van der Waals surface area contributed by atoms with Gasteiger partial charge in [-0.05, 0) is 66.5 Å². The summed E-state index contributed by atoms with van der Waals surface area (Å²) >= 11 is 1.76. The van der Waals surface area contributed by atoms with E-state index in [-0.39, 0.29) is 0 Å². The lowest BCUT2D eigenvalue weighted by molar-refractivity contribution is 0.501. The van der Waals surface area contributed by atoms with E-state index in [4.69, 9.17) is 4.98 Å². The molecule has 0 fully saturated rings. The molecule has 2 aromatic carbocycles. The fourth-order valence-corrected chi connectivity index (χ4v) is 4.73. The van der Waals surface area contributed by atoms with Crippen LogP contribution in [0, 0.1) is 12.8 Å². The third-order valence-corrected chi connectivity index (χ3v) is 6.37. The van der Waals surface area contributed by atoms with Crippen molar-refractivity contribution in [2.45, 2.75) is 39.5 Å². The van der Waals surface area contributed by atoms with E-state index in [9.17, 15) is 0 Å². The first-order valence-corrected chi connectivity index (χ1v) is 10.3. The lowest BCUT2D eigenvalue weighted by Crippen LogP contribution is -2.11. The number of anilines is 1. The molecule has 2 nitrogen and oxygen atoms in total. The SMILES string of the molecule is CNc1ccc(Cc2csc(-c3ccc4c(c3)CCC(C)C4)n2)cc1C.